The summed E-state index contributed by atoms with van der Waals surface area (Å²) in [5.41, 5.74) is 7.41. The fraction of sp³-hybridized carbons (Fsp3) is 0.286. The number of nitrogens with one attached hydrogen (secondary N) is 1. The lowest BCUT2D eigenvalue weighted by atomic mass is 9.81. The highest BCUT2D eigenvalue weighted by Gasteiger charge is 2.24. The van der Waals surface area contributed by atoms with Crippen LogP contribution in [0.1, 0.15) is 47.7 Å². The molecule has 3 aromatic rings. The fourth-order valence-corrected chi connectivity index (χ4v) is 4.77. The first kappa shape index (κ1) is 20.8. The van der Waals surface area contributed by atoms with Gasteiger partial charge in [-0.3, -0.25) is 9.78 Å². The van der Waals surface area contributed by atoms with Crippen molar-refractivity contribution in [3.05, 3.63) is 63.9 Å². The van der Waals surface area contributed by atoms with Crippen LogP contribution in [0.15, 0.2) is 36.0 Å². The average molecular weight is 449 g/mol. The lowest BCUT2D eigenvalue weighted by Crippen LogP contribution is -2.27. The normalized spacial score (nSPS) is 18.9. The lowest BCUT2D eigenvalue weighted by Gasteiger charge is -2.28. The van der Waals surface area contributed by atoms with Gasteiger partial charge in [-0.25, -0.2) is 13.8 Å². The minimum absolute atomic E-state index is 0.0438. The van der Waals surface area contributed by atoms with Gasteiger partial charge in [0.05, 0.1) is 22.5 Å². The Hall–Kier alpha value is -2.42. The molecule has 1 aliphatic carbocycles. The first-order chi connectivity index (χ1) is 14.4. The standard InChI is InChI=1S/C21H19ClF2N4OS/c22-14-4-5-15(23)18(19(14)24)21-28-17(10-30-21)20(29)27-16-9-26-7-6-13(16)11-2-1-3-12(25)8-11/h4-7,9-12H,1-3,8,25H2,(H,27,29)/t11-,12+/m1/s1. The van der Waals surface area contributed by atoms with Crippen molar-refractivity contribution < 1.29 is 13.6 Å². The van der Waals surface area contributed by atoms with E-state index in [4.69, 9.17) is 17.3 Å². The Morgan fingerprint density at radius 2 is 2.10 bits per heavy atom. The first-order valence-corrected chi connectivity index (χ1v) is 10.8. The van der Waals surface area contributed by atoms with Gasteiger partial charge in [0.25, 0.3) is 5.91 Å². The van der Waals surface area contributed by atoms with Gasteiger partial charge >= 0.3 is 0 Å². The highest BCUT2D eigenvalue weighted by atomic mass is 35.5. The summed E-state index contributed by atoms with van der Waals surface area (Å²) in [4.78, 5) is 21.0. The Morgan fingerprint density at radius 3 is 2.90 bits per heavy atom. The molecular weight excluding hydrogens is 430 g/mol. The minimum atomic E-state index is -0.902. The Bertz CT molecular complexity index is 1090. The second kappa shape index (κ2) is 8.75. The van der Waals surface area contributed by atoms with Crippen LogP contribution in [0.25, 0.3) is 10.6 Å². The average Bonchev–Trinajstić information content (AvgIpc) is 3.21. The van der Waals surface area contributed by atoms with Gasteiger partial charge in [-0.2, -0.15) is 0 Å². The number of thiazole rings is 1. The zero-order valence-corrected chi connectivity index (χ0v) is 17.4. The number of hydrogen-bond acceptors (Lipinski definition) is 5. The number of nitrogens with zero attached hydrogens (tertiary/aromatic N) is 2. The molecule has 1 aliphatic rings. The van der Waals surface area contributed by atoms with E-state index in [9.17, 15) is 13.6 Å². The summed E-state index contributed by atoms with van der Waals surface area (Å²) >= 11 is 6.72. The van der Waals surface area contributed by atoms with E-state index in [1.165, 1.54) is 5.38 Å². The van der Waals surface area contributed by atoms with Crippen LogP contribution in [-0.4, -0.2) is 21.9 Å². The number of benzene rings is 1. The quantitative estimate of drug-likeness (QED) is 0.525. The maximum atomic E-state index is 14.3. The van der Waals surface area contributed by atoms with Crippen LogP contribution in [0.2, 0.25) is 5.02 Å². The van der Waals surface area contributed by atoms with Crippen LogP contribution in [0.3, 0.4) is 0 Å². The topological polar surface area (TPSA) is 80.9 Å². The number of anilines is 1. The summed E-state index contributed by atoms with van der Waals surface area (Å²) in [5.74, 6) is -1.93. The molecule has 1 amide bonds. The largest absolute Gasteiger partial charge is 0.328 e. The molecule has 0 spiro atoms. The molecule has 2 atom stereocenters. The van der Waals surface area contributed by atoms with Crippen molar-refractivity contribution in [3.63, 3.8) is 0 Å². The minimum Gasteiger partial charge on any atom is -0.328 e. The third-order valence-electron chi connectivity index (χ3n) is 5.25. The van der Waals surface area contributed by atoms with Gasteiger partial charge in [0, 0.05) is 17.6 Å². The van der Waals surface area contributed by atoms with Crippen LogP contribution in [0, 0.1) is 11.6 Å². The van der Waals surface area contributed by atoms with Crippen LogP contribution in [0.5, 0.6) is 0 Å². The van der Waals surface area contributed by atoms with Crippen molar-refractivity contribution in [3.8, 4) is 10.6 Å². The summed E-state index contributed by atoms with van der Waals surface area (Å²) in [6.45, 7) is 0. The molecule has 2 heterocycles. The molecular formula is C21H19ClF2N4OS. The van der Waals surface area contributed by atoms with E-state index in [0.717, 1.165) is 54.7 Å². The van der Waals surface area contributed by atoms with Crippen molar-refractivity contribution in [1.29, 1.82) is 0 Å². The molecule has 5 nitrogen and oxygen atoms in total. The Labute approximate surface area is 181 Å². The number of pyridine rings is 1. The smallest absolute Gasteiger partial charge is 0.275 e. The predicted molar refractivity (Wildman–Crippen MR) is 114 cm³/mol. The van der Waals surface area contributed by atoms with E-state index < -0.39 is 17.5 Å². The van der Waals surface area contributed by atoms with Gasteiger partial charge < -0.3 is 11.1 Å². The third kappa shape index (κ3) is 4.21. The van der Waals surface area contributed by atoms with Gasteiger partial charge in [-0.15, -0.1) is 11.3 Å². The van der Waals surface area contributed by atoms with E-state index in [2.05, 4.69) is 15.3 Å². The molecule has 1 fully saturated rings. The SMILES string of the molecule is N[C@H]1CCC[C@@H](c2ccncc2NC(=O)c2csc(-c3c(F)ccc(Cl)c3F)n2)C1. The molecule has 4 rings (SSSR count). The van der Waals surface area contributed by atoms with Gasteiger partial charge in [0.1, 0.15) is 16.5 Å². The molecule has 0 bridgehead atoms. The van der Waals surface area contributed by atoms with Crippen molar-refractivity contribution in [2.75, 3.05) is 5.32 Å². The Morgan fingerprint density at radius 1 is 1.27 bits per heavy atom. The van der Waals surface area contributed by atoms with Gasteiger partial charge in [0.15, 0.2) is 5.82 Å². The van der Waals surface area contributed by atoms with Crippen molar-refractivity contribution >= 4 is 34.5 Å². The maximum absolute atomic E-state index is 14.3. The molecule has 2 aromatic heterocycles. The lowest BCUT2D eigenvalue weighted by molar-refractivity contribution is 0.102. The van der Waals surface area contributed by atoms with Gasteiger partial charge in [-0.1, -0.05) is 18.0 Å². The van der Waals surface area contributed by atoms with E-state index in [0.29, 0.717) is 5.69 Å². The summed E-state index contributed by atoms with van der Waals surface area (Å²) in [7, 11) is 0. The number of carbonyl (C=O) groups is 1. The predicted octanol–water partition coefficient (Wildman–Crippen LogP) is 5.37. The van der Waals surface area contributed by atoms with Crippen LogP contribution >= 0.6 is 22.9 Å². The Balaban J connectivity index is 1.58. The molecule has 156 valence electrons. The zero-order valence-electron chi connectivity index (χ0n) is 15.9. The van der Waals surface area contributed by atoms with Crippen molar-refractivity contribution in [2.24, 2.45) is 5.73 Å². The van der Waals surface area contributed by atoms with Crippen molar-refractivity contribution in [1.82, 2.24) is 9.97 Å². The van der Waals surface area contributed by atoms with Crippen LogP contribution < -0.4 is 11.1 Å². The molecule has 0 radical (unpaired) electrons. The fourth-order valence-electron chi connectivity index (χ4n) is 3.78. The number of nitrogens with two attached hydrogens (primary N) is 1. The monoisotopic (exact) mass is 448 g/mol. The van der Waals surface area contributed by atoms with Crippen LogP contribution in [-0.2, 0) is 0 Å². The van der Waals surface area contributed by atoms with E-state index in [1.54, 1.807) is 12.4 Å². The summed E-state index contributed by atoms with van der Waals surface area (Å²) in [6.07, 6.45) is 7.17. The number of rotatable bonds is 4. The summed E-state index contributed by atoms with van der Waals surface area (Å²) in [5, 5.41) is 4.12. The molecule has 1 saturated carbocycles. The molecule has 30 heavy (non-hydrogen) atoms. The van der Waals surface area contributed by atoms with Gasteiger partial charge in [-0.05, 0) is 48.9 Å². The van der Waals surface area contributed by atoms with Crippen LogP contribution in [0.4, 0.5) is 14.5 Å². The second-order valence-electron chi connectivity index (χ2n) is 7.30. The third-order valence-corrected chi connectivity index (χ3v) is 6.40. The van der Waals surface area contributed by atoms with E-state index >= 15 is 0 Å². The molecule has 0 saturated heterocycles. The Kier molecular flexibility index (Phi) is 6.08. The second-order valence-corrected chi connectivity index (χ2v) is 8.56. The number of halogens is 3. The molecule has 3 N–H and O–H groups in total. The summed E-state index contributed by atoms with van der Waals surface area (Å²) in [6, 6.07) is 4.24. The highest BCUT2D eigenvalue weighted by Crippen LogP contribution is 2.36. The van der Waals surface area contributed by atoms with Crippen molar-refractivity contribution in [2.45, 2.75) is 37.6 Å². The van der Waals surface area contributed by atoms with E-state index in [-0.39, 0.29) is 33.2 Å². The molecule has 1 aromatic carbocycles. The molecule has 0 aliphatic heterocycles. The molecule has 9 heteroatoms. The first-order valence-electron chi connectivity index (χ1n) is 9.54. The van der Waals surface area contributed by atoms with Gasteiger partial charge in [0.2, 0.25) is 0 Å². The number of amides is 1. The summed E-state index contributed by atoms with van der Waals surface area (Å²) < 4.78 is 28.4. The number of carbonyl (C=O) groups excluding carboxylic acids is 1. The van der Waals surface area contributed by atoms with E-state index in [1.807, 2.05) is 6.07 Å². The number of aromatic nitrogens is 2. The molecule has 0 unspecified atom stereocenters. The zero-order chi connectivity index (χ0) is 21.3. The number of hydrogen-bond donors (Lipinski definition) is 2. The maximum Gasteiger partial charge on any atom is 0.275 e. The highest BCUT2D eigenvalue weighted by molar-refractivity contribution is 7.13.